The van der Waals surface area contributed by atoms with E-state index in [4.69, 9.17) is 9.26 Å². The highest BCUT2D eigenvalue weighted by Gasteiger charge is 2.22. The van der Waals surface area contributed by atoms with Gasteiger partial charge in [0.05, 0.1) is 32.1 Å². The van der Waals surface area contributed by atoms with Crippen molar-refractivity contribution >= 4 is 21.6 Å². The van der Waals surface area contributed by atoms with Crippen molar-refractivity contribution in [3.63, 3.8) is 0 Å². The van der Waals surface area contributed by atoms with Crippen LogP contribution in [0, 0.1) is 13.8 Å². The minimum Gasteiger partial charge on any atom is -0.497 e. The number of aryl methyl sites for hydroxylation is 2. The van der Waals surface area contributed by atoms with Crippen LogP contribution in [0.2, 0.25) is 0 Å². The molecule has 198 valence electrons. The molecule has 0 bridgehead atoms. The first-order valence-electron chi connectivity index (χ1n) is 11.9. The van der Waals surface area contributed by atoms with Crippen LogP contribution in [0.5, 0.6) is 5.75 Å². The smallest absolute Gasteiger partial charge is 0.254 e. The van der Waals surface area contributed by atoms with E-state index in [0.717, 1.165) is 22.3 Å². The lowest BCUT2D eigenvalue weighted by Crippen LogP contribution is -2.30. The lowest BCUT2D eigenvalue weighted by atomic mass is 10.1. The zero-order chi connectivity index (χ0) is 27.4. The molecule has 0 saturated carbocycles. The van der Waals surface area contributed by atoms with E-state index in [0.29, 0.717) is 28.7 Å². The molecular weight excluding hydrogens is 504 g/mol. The SMILES string of the molecule is COc1cccc(-c2noc(CN(C)C(=O)c3ccc(CN(c4c(C)cccc4C)S(C)(=O)=O)cc3)n2)c1. The van der Waals surface area contributed by atoms with Crippen molar-refractivity contribution in [3.05, 3.63) is 94.9 Å². The maximum atomic E-state index is 13.0. The van der Waals surface area contributed by atoms with Gasteiger partial charge in [0.25, 0.3) is 5.91 Å². The number of para-hydroxylation sites is 1. The molecule has 0 saturated heterocycles. The number of benzene rings is 3. The Hall–Kier alpha value is -4.18. The third kappa shape index (κ3) is 6.03. The van der Waals surface area contributed by atoms with Crippen molar-refractivity contribution in [2.24, 2.45) is 0 Å². The van der Waals surface area contributed by atoms with Gasteiger partial charge in [-0.25, -0.2) is 8.42 Å². The molecule has 0 fully saturated rings. The van der Waals surface area contributed by atoms with Gasteiger partial charge in [0, 0.05) is 18.2 Å². The Bertz CT molecular complexity index is 1530. The van der Waals surface area contributed by atoms with Gasteiger partial charge in [-0.05, 0) is 54.8 Å². The molecule has 1 amide bonds. The molecule has 0 radical (unpaired) electrons. The molecule has 0 spiro atoms. The second-order valence-electron chi connectivity index (χ2n) is 9.11. The van der Waals surface area contributed by atoms with Gasteiger partial charge in [-0.1, -0.05) is 47.6 Å². The number of carbonyl (C=O) groups excluding carboxylic acids is 1. The second-order valence-corrected chi connectivity index (χ2v) is 11.0. The minimum absolute atomic E-state index is 0.131. The summed E-state index contributed by atoms with van der Waals surface area (Å²) in [5, 5.41) is 4.01. The van der Waals surface area contributed by atoms with Crippen molar-refractivity contribution in [2.75, 3.05) is 24.7 Å². The highest BCUT2D eigenvalue weighted by molar-refractivity contribution is 7.92. The van der Waals surface area contributed by atoms with Gasteiger partial charge >= 0.3 is 0 Å². The van der Waals surface area contributed by atoms with E-state index >= 15 is 0 Å². The number of nitrogens with zero attached hydrogens (tertiary/aromatic N) is 4. The zero-order valence-corrected chi connectivity index (χ0v) is 22.8. The van der Waals surface area contributed by atoms with Crippen LogP contribution >= 0.6 is 0 Å². The Labute approximate surface area is 222 Å². The Kier molecular flexibility index (Phi) is 7.82. The quantitative estimate of drug-likeness (QED) is 0.309. The Morgan fingerprint density at radius 1 is 0.974 bits per heavy atom. The van der Waals surface area contributed by atoms with Gasteiger partial charge in [-0.3, -0.25) is 9.10 Å². The van der Waals surface area contributed by atoms with E-state index in [-0.39, 0.29) is 19.0 Å². The summed E-state index contributed by atoms with van der Waals surface area (Å²) in [7, 11) is -0.295. The highest BCUT2D eigenvalue weighted by Crippen LogP contribution is 2.28. The standard InChI is InChI=1S/C28H30N4O5S/c1-19-8-6-9-20(2)26(19)32(38(5,34)35)17-21-12-14-22(15-13-21)28(33)31(3)18-25-29-27(30-37-25)23-10-7-11-24(16-23)36-4/h6-16H,17-18H2,1-5H3. The first-order chi connectivity index (χ1) is 18.1. The molecule has 0 aliphatic rings. The van der Waals surface area contributed by atoms with Crippen LogP contribution in [-0.2, 0) is 23.1 Å². The number of methoxy groups -OCH3 is 1. The van der Waals surface area contributed by atoms with Crippen LogP contribution < -0.4 is 9.04 Å². The Morgan fingerprint density at radius 3 is 2.26 bits per heavy atom. The minimum atomic E-state index is -3.53. The average Bonchev–Trinajstić information content (AvgIpc) is 3.36. The average molecular weight is 535 g/mol. The second kappa shape index (κ2) is 11.1. The third-order valence-electron chi connectivity index (χ3n) is 6.13. The summed E-state index contributed by atoms with van der Waals surface area (Å²) in [6.07, 6.45) is 1.20. The largest absolute Gasteiger partial charge is 0.497 e. The predicted molar refractivity (Wildman–Crippen MR) is 145 cm³/mol. The van der Waals surface area contributed by atoms with Gasteiger partial charge in [0.1, 0.15) is 5.75 Å². The summed E-state index contributed by atoms with van der Waals surface area (Å²) in [5.74, 6) is 1.15. The Morgan fingerprint density at radius 2 is 1.63 bits per heavy atom. The van der Waals surface area contributed by atoms with Crippen LogP contribution in [0.3, 0.4) is 0 Å². The first kappa shape index (κ1) is 26.9. The van der Waals surface area contributed by atoms with E-state index in [1.807, 2.05) is 50.2 Å². The number of aromatic nitrogens is 2. The number of rotatable bonds is 9. The summed E-state index contributed by atoms with van der Waals surface area (Å²) < 4.78 is 37.3. The number of hydrogen-bond donors (Lipinski definition) is 0. The maximum absolute atomic E-state index is 13.0. The summed E-state index contributed by atoms with van der Waals surface area (Å²) in [4.78, 5) is 18.9. The van der Waals surface area contributed by atoms with Gasteiger partial charge in [0.2, 0.25) is 21.7 Å². The molecular formula is C28H30N4O5S. The van der Waals surface area contributed by atoms with Crippen molar-refractivity contribution in [1.29, 1.82) is 0 Å². The van der Waals surface area contributed by atoms with E-state index in [1.165, 1.54) is 15.5 Å². The van der Waals surface area contributed by atoms with Crippen LogP contribution in [0.1, 0.15) is 32.9 Å². The highest BCUT2D eigenvalue weighted by atomic mass is 32.2. The third-order valence-corrected chi connectivity index (χ3v) is 7.24. The molecule has 0 atom stereocenters. The molecule has 1 heterocycles. The summed E-state index contributed by atoms with van der Waals surface area (Å²) >= 11 is 0. The van der Waals surface area contributed by atoms with Crippen LogP contribution in [0.15, 0.2) is 71.3 Å². The fourth-order valence-electron chi connectivity index (χ4n) is 4.17. The van der Waals surface area contributed by atoms with Gasteiger partial charge in [-0.2, -0.15) is 4.98 Å². The number of hydrogen-bond acceptors (Lipinski definition) is 7. The van der Waals surface area contributed by atoms with Gasteiger partial charge < -0.3 is 14.2 Å². The fourth-order valence-corrected chi connectivity index (χ4v) is 5.18. The molecule has 10 heteroatoms. The number of ether oxygens (including phenoxy) is 1. The molecule has 4 rings (SSSR count). The van der Waals surface area contributed by atoms with Crippen molar-refractivity contribution < 1.29 is 22.5 Å². The maximum Gasteiger partial charge on any atom is 0.254 e. The summed E-state index contributed by atoms with van der Waals surface area (Å²) in [6.45, 7) is 4.07. The number of anilines is 1. The molecule has 0 N–H and O–H groups in total. The van der Waals surface area contributed by atoms with E-state index in [2.05, 4.69) is 10.1 Å². The monoisotopic (exact) mass is 534 g/mol. The van der Waals surface area contributed by atoms with Gasteiger partial charge in [-0.15, -0.1) is 0 Å². The summed E-state index contributed by atoms with van der Waals surface area (Å²) in [6, 6.07) is 19.9. The molecule has 0 aliphatic carbocycles. The topological polar surface area (TPSA) is 106 Å². The van der Waals surface area contributed by atoms with E-state index in [9.17, 15) is 13.2 Å². The lowest BCUT2D eigenvalue weighted by molar-refractivity contribution is 0.0769. The molecule has 0 aliphatic heterocycles. The molecule has 38 heavy (non-hydrogen) atoms. The van der Waals surface area contributed by atoms with E-state index < -0.39 is 10.0 Å². The predicted octanol–water partition coefficient (Wildman–Crippen LogP) is 4.60. The fraction of sp³-hybridized carbons (Fsp3) is 0.250. The molecule has 9 nitrogen and oxygen atoms in total. The number of carbonyl (C=O) groups is 1. The van der Waals surface area contributed by atoms with Crippen molar-refractivity contribution in [3.8, 4) is 17.1 Å². The van der Waals surface area contributed by atoms with Gasteiger partial charge in [0.15, 0.2) is 0 Å². The van der Waals surface area contributed by atoms with Crippen molar-refractivity contribution in [2.45, 2.75) is 26.9 Å². The zero-order valence-electron chi connectivity index (χ0n) is 22.0. The van der Waals surface area contributed by atoms with Crippen LogP contribution in [-0.4, -0.2) is 49.8 Å². The summed E-state index contributed by atoms with van der Waals surface area (Å²) in [5.41, 5.74) is 4.38. The molecule has 3 aromatic carbocycles. The number of amides is 1. The van der Waals surface area contributed by atoms with Crippen LogP contribution in [0.4, 0.5) is 5.69 Å². The normalized spacial score (nSPS) is 11.3. The lowest BCUT2D eigenvalue weighted by Gasteiger charge is -2.26. The van der Waals surface area contributed by atoms with Crippen molar-refractivity contribution in [1.82, 2.24) is 15.0 Å². The Balaban J connectivity index is 1.46. The van der Waals surface area contributed by atoms with Crippen LogP contribution in [0.25, 0.3) is 11.4 Å². The molecule has 4 aromatic rings. The molecule has 1 aromatic heterocycles. The first-order valence-corrected chi connectivity index (χ1v) is 13.8. The van der Waals surface area contributed by atoms with E-state index in [1.54, 1.807) is 44.5 Å². The molecule has 0 unspecified atom stereocenters. The number of sulfonamides is 1.